The van der Waals surface area contributed by atoms with Crippen molar-refractivity contribution in [1.29, 1.82) is 0 Å². The van der Waals surface area contributed by atoms with E-state index >= 15 is 0 Å². The number of likely N-dealkylation sites (tertiary alicyclic amines) is 1. The number of carbonyl (C=O) groups is 1. The van der Waals surface area contributed by atoms with E-state index in [0.29, 0.717) is 19.0 Å². The second kappa shape index (κ2) is 5.60. The number of carbonyl (C=O) groups excluding carboxylic acids is 1. The first-order valence-corrected chi connectivity index (χ1v) is 7.31. The minimum absolute atomic E-state index is 0.0825. The van der Waals surface area contributed by atoms with E-state index in [-0.39, 0.29) is 12.7 Å². The third-order valence-electron chi connectivity index (χ3n) is 3.71. The smallest absolute Gasteiger partial charge is 0.410 e. The fraction of sp³-hybridized carbons (Fsp3) is 0.688. The van der Waals surface area contributed by atoms with Crippen molar-refractivity contribution in [2.45, 2.75) is 46.1 Å². The van der Waals surface area contributed by atoms with Gasteiger partial charge in [-0.15, -0.1) is 0 Å². The summed E-state index contributed by atoms with van der Waals surface area (Å²) >= 11 is 0. The lowest BCUT2D eigenvalue weighted by Crippen LogP contribution is -2.42. The Hall–Kier alpha value is -1.29. The molecule has 4 heteroatoms. The molecule has 1 aliphatic carbocycles. The van der Waals surface area contributed by atoms with Gasteiger partial charge in [-0.3, -0.25) is 0 Å². The van der Waals surface area contributed by atoms with Crippen LogP contribution < -0.4 is 0 Å². The summed E-state index contributed by atoms with van der Waals surface area (Å²) in [5.74, 6) is 0.476. The second-order valence-electron chi connectivity index (χ2n) is 6.77. The summed E-state index contributed by atoms with van der Waals surface area (Å²) in [4.78, 5) is 13.9. The number of hydrogen-bond acceptors (Lipinski definition) is 3. The standard InChI is InChI=1S/C16H25NO3/c1-11-7-12-5-6-17(15(19)20-16(2,3)4)9-14(12)13(8-11)10-18/h7,11,18H,5-6,8-10H2,1-4H3. The van der Waals surface area contributed by atoms with Gasteiger partial charge in [0, 0.05) is 13.1 Å². The average molecular weight is 279 g/mol. The Morgan fingerprint density at radius 3 is 2.80 bits per heavy atom. The van der Waals surface area contributed by atoms with E-state index in [9.17, 15) is 9.90 Å². The summed E-state index contributed by atoms with van der Waals surface area (Å²) in [5.41, 5.74) is 3.04. The number of rotatable bonds is 1. The van der Waals surface area contributed by atoms with Crippen LogP contribution in [0.15, 0.2) is 22.8 Å². The van der Waals surface area contributed by atoms with Crippen LogP contribution >= 0.6 is 0 Å². The summed E-state index contributed by atoms with van der Waals surface area (Å²) in [7, 11) is 0. The van der Waals surface area contributed by atoms with E-state index in [1.165, 1.54) is 5.57 Å². The lowest BCUT2D eigenvalue weighted by atomic mass is 9.82. The third-order valence-corrected chi connectivity index (χ3v) is 3.71. The van der Waals surface area contributed by atoms with E-state index in [2.05, 4.69) is 13.0 Å². The Morgan fingerprint density at radius 1 is 1.50 bits per heavy atom. The molecule has 112 valence electrons. The molecule has 0 aromatic carbocycles. The molecule has 2 rings (SSSR count). The monoisotopic (exact) mass is 279 g/mol. The number of amides is 1. The molecule has 1 unspecified atom stereocenters. The first kappa shape index (κ1) is 15.1. The van der Waals surface area contributed by atoms with Crippen LogP contribution in [0.1, 0.15) is 40.5 Å². The van der Waals surface area contributed by atoms with Crippen molar-refractivity contribution in [3.63, 3.8) is 0 Å². The van der Waals surface area contributed by atoms with Gasteiger partial charge in [0.05, 0.1) is 6.61 Å². The molecule has 0 aromatic heterocycles. The fourth-order valence-electron chi connectivity index (χ4n) is 2.86. The van der Waals surface area contributed by atoms with Gasteiger partial charge in [-0.1, -0.05) is 13.0 Å². The van der Waals surface area contributed by atoms with Gasteiger partial charge in [0.2, 0.25) is 0 Å². The maximum Gasteiger partial charge on any atom is 0.410 e. The number of aliphatic hydroxyl groups is 1. The molecule has 1 saturated heterocycles. The molecule has 1 N–H and O–H groups in total. The minimum atomic E-state index is -0.470. The van der Waals surface area contributed by atoms with Gasteiger partial charge in [-0.2, -0.15) is 0 Å². The zero-order valence-electron chi connectivity index (χ0n) is 12.9. The maximum atomic E-state index is 12.1. The Kier molecular flexibility index (Phi) is 4.23. The average Bonchev–Trinajstić information content (AvgIpc) is 2.35. The number of allylic oxidation sites excluding steroid dienone is 1. The quantitative estimate of drug-likeness (QED) is 0.803. The Morgan fingerprint density at radius 2 is 2.20 bits per heavy atom. The molecule has 0 spiro atoms. The molecule has 0 aromatic rings. The topological polar surface area (TPSA) is 49.8 Å². The second-order valence-corrected chi connectivity index (χ2v) is 6.77. The highest BCUT2D eigenvalue weighted by molar-refractivity contribution is 5.69. The number of aliphatic hydroxyl groups excluding tert-OH is 1. The predicted molar refractivity (Wildman–Crippen MR) is 78.4 cm³/mol. The minimum Gasteiger partial charge on any atom is -0.444 e. The highest BCUT2D eigenvalue weighted by atomic mass is 16.6. The highest BCUT2D eigenvalue weighted by Gasteiger charge is 2.30. The van der Waals surface area contributed by atoms with Gasteiger partial charge in [0.25, 0.3) is 0 Å². The highest BCUT2D eigenvalue weighted by Crippen LogP contribution is 2.34. The molecular weight excluding hydrogens is 254 g/mol. The van der Waals surface area contributed by atoms with Crippen LogP contribution in [0.25, 0.3) is 0 Å². The molecule has 4 nitrogen and oxygen atoms in total. The van der Waals surface area contributed by atoms with E-state index in [1.54, 1.807) is 4.90 Å². The van der Waals surface area contributed by atoms with E-state index in [4.69, 9.17) is 4.74 Å². The zero-order valence-corrected chi connectivity index (χ0v) is 12.9. The first-order chi connectivity index (χ1) is 9.30. The summed E-state index contributed by atoms with van der Waals surface area (Å²) in [6.45, 7) is 9.13. The third kappa shape index (κ3) is 3.42. The van der Waals surface area contributed by atoms with Crippen LogP contribution in [0.4, 0.5) is 4.79 Å². The Labute approximate surface area is 121 Å². The molecule has 0 saturated carbocycles. The van der Waals surface area contributed by atoms with Crippen molar-refractivity contribution in [3.05, 3.63) is 22.8 Å². The van der Waals surface area contributed by atoms with E-state index in [1.807, 2.05) is 20.8 Å². The number of ether oxygens (including phenoxy) is 1. The van der Waals surface area contributed by atoms with Crippen LogP contribution in [0.3, 0.4) is 0 Å². The zero-order chi connectivity index (χ0) is 14.9. The Balaban J connectivity index is 2.13. The first-order valence-electron chi connectivity index (χ1n) is 7.31. The lowest BCUT2D eigenvalue weighted by molar-refractivity contribution is 0.0257. The molecule has 1 amide bonds. The molecular formula is C16H25NO3. The van der Waals surface area contributed by atoms with E-state index in [0.717, 1.165) is 24.0 Å². The molecule has 0 radical (unpaired) electrons. The van der Waals surface area contributed by atoms with Crippen molar-refractivity contribution < 1.29 is 14.6 Å². The van der Waals surface area contributed by atoms with Crippen molar-refractivity contribution in [1.82, 2.24) is 4.90 Å². The summed E-state index contributed by atoms with van der Waals surface area (Å²) in [6.07, 6.45) is 3.75. The molecule has 1 aliphatic heterocycles. The van der Waals surface area contributed by atoms with E-state index < -0.39 is 5.60 Å². The van der Waals surface area contributed by atoms with Crippen LogP contribution in [-0.2, 0) is 4.74 Å². The molecule has 1 heterocycles. The Bertz CT molecular complexity index is 457. The van der Waals surface area contributed by atoms with Crippen molar-refractivity contribution in [2.24, 2.45) is 5.92 Å². The molecule has 20 heavy (non-hydrogen) atoms. The molecule has 1 atom stereocenters. The molecule has 2 aliphatic rings. The van der Waals surface area contributed by atoms with Gasteiger partial charge < -0.3 is 14.7 Å². The number of nitrogens with zero attached hydrogens (tertiary/aromatic N) is 1. The maximum absolute atomic E-state index is 12.1. The van der Waals surface area contributed by atoms with Gasteiger partial charge in [0.1, 0.15) is 5.60 Å². The fourth-order valence-corrected chi connectivity index (χ4v) is 2.86. The van der Waals surface area contributed by atoms with Crippen LogP contribution in [-0.4, -0.2) is 41.4 Å². The summed E-state index contributed by atoms with van der Waals surface area (Å²) < 4.78 is 5.43. The van der Waals surface area contributed by atoms with Crippen molar-refractivity contribution in [3.8, 4) is 0 Å². The predicted octanol–water partition coefficient (Wildman–Crippen LogP) is 2.88. The number of hydrogen-bond donors (Lipinski definition) is 1. The summed E-state index contributed by atoms with van der Waals surface area (Å²) in [6, 6.07) is 0. The van der Waals surface area contributed by atoms with Crippen LogP contribution in [0, 0.1) is 5.92 Å². The van der Waals surface area contributed by atoms with Crippen LogP contribution in [0.2, 0.25) is 0 Å². The largest absolute Gasteiger partial charge is 0.444 e. The number of fused-ring (bicyclic) bond motifs is 1. The normalized spacial score (nSPS) is 23.4. The molecule has 1 fully saturated rings. The number of piperidine rings is 1. The van der Waals surface area contributed by atoms with Gasteiger partial charge >= 0.3 is 6.09 Å². The van der Waals surface area contributed by atoms with Gasteiger partial charge in [0.15, 0.2) is 0 Å². The van der Waals surface area contributed by atoms with Crippen molar-refractivity contribution in [2.75, 3.05) is 19.7 Å². The van der Waals surface area contributed by atoms with Crippen molar-refractivity contribution >= 4 is 6.09 Å². The van der Waals surface area contributed by atoms with Gasteiger partial charge in [-0.25, -0.2) is 4.79 Å². The lowest BCUT2D eigenvalue weighted by Gasteiger charge is -2.36. The van der Waals surface area contributed by atoms with Crippen LogP contribution in [0.5, 0.6) is 0 Å². The molecule has 0 bridgehead atoms. The summed E-state index contributed by atoms with van der Waals surface area (Å²) in [5, 5.41) is 9.54. The van der Waals surface area contributed by atoms with Gasteiger partial charge in [-0.05, 0) is 56.3 Å². The SMILES string of the molecule is CC1C=C2CCN(C(=O)OC(C)(C)C)CC2=C(CO)C1.